The zero-order valence-electron chi connectivity index (χ0n) is 9.87. The van der Waals surface area contributed by atoms with Gasteiger partial charge >= 0.3 is 6.09 Å². The summed E-state index contributed by atoms with van der Waals surface area (Å²) >= 11 is 0. The molecule has 0 aliphatic heterocycles. The number of nitrogens with one attached hydrogen (secondary N) is 1. The SMILES string of the molecule is C#Cc1ncc(F)cc1NC(=O)OC(C)(C)C. The quantitative estimate of drug-likeness (QED) is 0.762. The molecule has 0 atom stereocenters. The van der Waals surface area contributed by atoms with Gasteiger partial charge in [0.25, 0.3) is 0 Å². The van der Waals surface area contributed by atoms with E-state index >= 15 is 0 Å². The van der Waals surface area contributed by atoms with Crippen molar-refractivity contribution in [1.82, 2.24) is 4.98 Å². The van der Waals surface area contributed by atoms with Crippen molar-refractivity contribution in [2.24, 2.45) is 0 Å². The standard InChI is InChI=1S/C12H13FN2O2/c1-5-9-10(6-8(13)7-14-9)15-11(16)17-12(2,3)4/h1,6-7H,2-4H3,(H,15,16). The summed E-state index contributed by atoms with van der Waals surface area (Å²) < 4.78 is 18.0. The smallest absolute Gasteiger partial charge is 0.412 e. The summed E-state index contributed by atoms with van der Waals surface area (Å²) in [6.45, 7) is 5.16. The maximum absolute atomic E-state index is 12.9. The van der Waals surface area contributed by atoms with Crippen molar-refractivity contribution in [1.29, 1.82) is 0 Å². The van der Waals surface area contributed by atoms with Crippen LogP contribution in [0.5, 0.6) is 0 Å². The first kappa shape index (κ1) is 13.0. The monoisotopic (exact) mass is 236 g/mol. The highest BCUT2D eigenvalue weighted by atomic mass is 19.1. The molecule has 0 aliphatic rings. The molecule has 4 nitrogen and oxygen atoms in total. The molecule has 90 valence electrons. The number of anilines is 1. The van der Waals surface area contributed by atoms with E-state index in [-0.39, 0.29) is 11.4 Å². The number of nitrogens with zero attached hydrogens (tertiary/aromatic N) is 1. The molecule has 0 aromatic carbocycles. The molecule has 1 heterocycles. The van der Waals surface area contributed by atoms with Crippen LogP contribution in [0, 0.1) is 18.2 Å². The van der Waals surface area contributed by atoms with E-state index < -0.39 is 17.5 Å². The number of ether oxygens (including phenoxy) is 1. The summed E-state index contributed by atoms with van der Waals surface area (Å²) in [5, 5.41) is 2.35. The van der Waals surface area contributed by atoms with Gasteiger partial charge in [0.15, 0.2) is 0 Å². The van der Waals surface area contributed by atoms with E-state index in [0.717, 1.165) is 12.3 Å². The molecule has 0 bridgehead atoms. The van der Waals surface area contributed by atoms with Gasteiger partial charge in [0.2, 0.25) is 0 Å². The predicted molar refractivity (Wildman–Crippen MR) is 62.0 cm³/mol. The second-order valence-electron chi connectivity index (χ2n) is 4.32. The topological polar surface area (TPSA) is 51.2 Å². The molecule has 1 amide bonds. The van der Waals surface area contributed by atoms with Crippen LogP contribution < -0.4 is 5.32 Å². The van der Waals surface area contributed by atoms with Crippen LogP contribution in [0.4, 0.5) is 14.9 Å². The molecule has 1 rings (SSSR count). The highest BCUT2D eigenvalue weighted by Gasteiger charge is 2.17. The van der Waals surface area contributed by atoms with Gasteiger partial charge in [-0.15, -0.1) is 6.42 Å². The van der Waals surface area contributed by atoms with E-state index in [1.807, 2.05) is 0 Å². The van der Waals surface area contributed by atoms with Gasteiger partial charge < -0.3 is 4.74 Å². The van der Waals surface area contributed by atoms with Crippen LogP contribution >= 0.6 is 0 Å². The summed E-state index contributed by atoms with van der Waals surface area (Å²) in [5.74, 6) is 1.66. The lowest BCUT2D eigenvalue weighted by Gasteiger charge is -2.19. The number of pyridine rings is 1. The average Bonchev–Trinajstić information content (AvgIpc) is 2.14. The van der Waals surface area contributed by atoms with Crippen LogP contribution in [0.15, 0.2) is 12.3 Å². The molecule has 5 heteroatoms. The Morgan fingerprint density at radius 3 is 2.76 bits per heavy atom. The normalized spacial score (nSPS) is 10.5. The van der Waals surface area contributed by atoms with E-state index in [1.54, 1.807) is 20.8 Å². The van der Waals surface area contributed by atoms with Crippen LogP contribution in [-0.4, -0.2) is 16.7 Å². The number of carbonyl (C=O) groups excluding carboxylic acids is 1. The van der Waals surface area contributed by atoms with Crippen LogP contribution in [0.1, 0.15) is 26.5 Å². The van der Waals surface area contributed by atoms with Crippen LogP contribution in [0.2, 0.25) is 0 Å². The third kappa shape index (κ3) is 4.11. The molecule has 0 spiro atoms. The van der Waals surface area contributed by atoms with Gasteiger partial charge in [0, 0.05) is 6.07 Å². The second kappa shape index (κ2) is 4.83. The number of rotatable bonds is 1. The molecular formula is C12H13FN2O2. The Morgan fingerprint density at radius 2 is 2.24 bits per heavy atom. The predicted octanol–water partition coefficient (Wildman–Crippen LogP) is 2.55. The molecule has 1 aromatic heterocycles. The van der Waals surface area contributed by atoms with Crippen LogP contribution in [-0.2, 0) is 4.74 Å². The lowest BCUT2D eigenvalue weighted by atomic mass is 10.2. The molecule has 0 saturated heterocycles. The summed E-state index contributed by atoms with van der Waals surface area (Å²) in [6, 6.07) is 1.09. The van der Waals surface area contributed by atoms with Gasteiger partial charge in [-0.3, -0.25) is 5.32 Å². The third-order valence-corrected chi connectivity index (χ3v) is 1.63. The molecular weight excluding hydrogens is 223 g/mol. The van der Waals surface area contributed by atoms with Crippen molar-refractivity contribution in [2.45, 2.75) is 26.4 Å². The van der Waals surface area contributed by atoms with Crippen molar-refractivity contribution in [2.75, 3.05) is 5.32 Å². The van der Waals surface area contributed by atoms with Gasteiger partial charge in [-0.1, -0.05) is 0 Å². The minimum atomic E-state index is -0.707. The Bertz CT molecular complexity index is 472. The summed E-state index contributed by atoms with van der Waals surface area (Å²) in [4.78, 5) is 15.1. The Kier molecular flexibility index (Phi) is 3.69. The zero-order valence-corrected chi connectivity index (χ0v) is 9.87. The molecule has 0 aliphatic carbocycles. The fraction of sp³-hybridized carbons (Fsp3) is 0.333. The molecule has 0 saturated carbocycles. The fourth-order valence-corrected chi connectivity index (χ4v) is 1.06. The summed E-state index contributed by atoms with van der Waals surface area (Å²) in [6.07, 6.45) is 5.45. The molecule has 1 N–H and O–H groups in total. The summed E-state index contributed by atoms with van der Waals surface area (Å²) in [5.41, 5.74) is -0.375. The number of hydrogen-bond acceptors (Lipinski definition) is 3. The second-order valence-corrected chi connectivity index (χ2v) is 4.32. The summed E-state index contributed by atoms with van der Waals surface area (Å²) in [7, 11) is 0. The number of carbonyl (C=O) groups is 1. The Morgan fingerprint density at radius 1 is 1.59 bits per heavy atom. The van der Waals surface area contributed by atoms with Gasteiger partial charge in [-0.2, -0.15) is 0 Å². The Labute approximate surface area is 99.2 Å². The van der Waals surface area contributed by atoms with Crippen molar-refractivity contribution in [3.8, 4) is 12.3 Å². The van der Waals surface area contributed by atoms with Crippen molar-refractivity contribution < 1.29 is 13.9 Å². The maximum atomic E-state index is 12.9. The van der Waals surface area contributed by atoms with E-state index in [4.69, 9.17) is 11.2 Å². The molecule has 0 unspecified atom stereocenters. The van der Waals surface area contributed by atoms with E-state index in [1.165, 1.54) is 0 Å². The third-order valence-electron chi connectivity index (χ3n) is 1.63. The van der Waals surface area contributed by atoms with E-state index in [9.17, 15) is 9.18 Å². The average molecular weight is 236 g/mol. The molecule has 0 radical (unpaired) electrons. The first-order valence-corrected chi connectivity index (χ1v) is 4.94. The minimum Gasteiger partial charge on any atom is -0.444 e. The number of amides is 1. The van der Waals surface area contributed by atoms with Crippen LogP contribution in [0.25, 0.3) is 0 Å². The highest BCUT2D eigenvalue weighted by molar-refractivity contribution is 5.86. The number of aromatic nitrogens is 1. The van der Waals surface area contributed by atoms with E-state index in [2.05, 4.69) is 16.2 Å². The maximum Gasteiger partial charge on any atom is 0.412 e. The highest BCUT2D eigenvalue weighted by Crippen LogP contribution is 2.15. The van der Waals surface area contributed by atoms with E-state index in [0.29, 0.717) is 0 Å². The Balaban J connectivity index is 2.85. The lowest BCUT2D eigenvalue weighted by Crippen LogP contribution is -2.27. The number of hydrogen-bond donors (Lipinski definition) is 1. The molecule has 1 aromatic rings. The van der Waals surface area contributed by atoms with Gasteiger partial charge in [-0.25, -0.2) is 14.2 Å². The van der Waals surface area contributed by atoms with Crippen molar-refractivity contribution >= 4 is 11.8 Å². The first-order valence-electron chi connectivity index (χ1n) is 4.94. The van der Waals surface area contributed by atoms with Crippen molar-refractivity contribution in [3.05, 3.63) is 23.8 Å². The zero-order chi connectivity index (χ0) is 13.1. The van der Waals surface area contributed by atoms with Crippen molar-refractivity contribution in [3.63, 3.8) is 0 Å². The number of halogens is 1. The minimum absolute atomic E-state index is 0.113. The fourth-order valence-electron chi connectivity index (χ4n) is 1.06. The lowest BCUT2D eigenvalue weighted by molar-refractivity contribution is 0.0636. The first-order chi connectivity index (χ1) is 7.81. The van der Waals surface area contributed by atoms with Gasteiger partial charge in [0.05, 0.1) is 11.9 Å². The van der Waals surface area contributed by atoms with Gasteiger partial charge in [-0.05, 0) is 26.7 Å². The van der Waals surface area contributed by atoms with Crippen LogP contribution in [0.3, 0.4) is 0 Å². The van der Waals surface area contributed by atoms with Gasteiger partial charge in [0.1, 0.15) is 17.1 Å². The molecule has 17 heavy (non-hydrogen) atoms. The largest absolute Gasteiger partial charge is 0.444 e. The Hall–Kier alpha value is -2.09. The number of terminal acetylenes is 1. The molecule has 0 fully saturated rings.